The molecule has 0 aromatic heterocycles. The van der Waals surface area contributed by atoms with Gasteiger partial charge >= 0.3 is 0 Å². The second-order valence-corrected chi connectivity index (χ2v) is 5.99. The molecule has 1 N–H and O–H groups in total. The van der Waals surface area contributed by atoms with Crippen LogP contribution in [0.2, 0.25) is 0 Å². The molecule has 86 valence electrons. The molecule has 1 aliphatic rings. The van der Waals surface area contributed by atoms with Gasteiger partial charge in [-0.2, -0.15) is 0 Å². The van der Waals surface area contributed by atoms with Gasteiger partial charge < -0.3 is 5.32 Å². The Balaban J connectivity index is 2.57. The van der Waals surface area contributed by atoms with E-state index in [1.165, 1.54) is 35.3 Å². The summed E-state index contributed by atoms with van der Waals surface area (Å²) in [5, 5.41) is 4.19. The van der Waals surface area contributed by atoms with Crippen molar-refractivity contribution in [1.82, 2.24) is 5.32 Å². The summed E-state index contributed by atoms with van der Waals surface area (Å²) in [6.07, 6.45) is 8.00. The fraction of sp³-hybridized carbons (Fsp3) is 0.667. The van der Waals surface area contributed by atoms with E-state index in [4.69, 9.17) is 0 Å². The Labute approximate surface area is 106 Å². The van der Waals surface area contributed by atoms with Crippen LogP contribution in [0.1, 0.15) is 33.1 Å². The number of piperidine rings is 1. The number of halogens is 1. The van der Waals surface area contributed by atoms with E-state index in [1.54, 1.807) is 0 Å². The zero-order valence-electron chi connectivity index (χ0n) is 9.55. The van der Waals surface area contributed by atoms with Gasteiger partial charge in [-0.05, 0) is 39.3 Å². The third kappa shape index (κ3) is 4.75. The van der Waals surface area contributed by atoms with Crippen LogP contribution in [-0.4, -0.2) is 18.3 Å². The van der Waals surface area contributed by atoms with Gasteiger partial charge in [-0.1, -0.05) is 35.0 Å². The molecular weight excluding hydrogens is 270 g/mol. The van der Waals surface area contributed by atoms with Crippen LogP contribution in [0.25, 0.3) is 0 Å². The van der Waals surface area contributed by atoms with Gasteiger partial charge in [-0.3, -0.25) is 0 Å². The predicted molar refractivity (Wildman–Crippen MR) is 74.5 cm³/mol. The third-order valence-electron chi connectivity index (χ3n) is 2.48. The Morgan fingerprint density at radius 1 is 1.47 bits per heavy atom. The van der Waals surface area contributed by atoms with Crippen LogP contribution in [0.3, 0.4) is 0 Å². The Kier molecular flexibility index (Phi) is 6.69. The quantitative estimate of drug-likeness (QED) is 0.783. The zero-order valence-corrected chi connectivity index (χ0v) is 12.0. The summed E-state index contributed by atoms with van der Waals surface area (Å²) in [7, 11) is 0. The average molecular weight is 290 g/mol. The molecule has 0 aliphatic carbocycles. The number of rotatable bonds is 4. The molecule has 0 spiro atoms. The van der Waals surface area contributed by atoms with E-state index < -0.39 is 0 Å². The highest BCUT2D eigenvalue weighted by Gasteiger charge is 2.15. The van der Waals surface area contributed by atoms with Crippen LogP contribution < -0.4 is 5.32 Å². The molecule has 1 nitrogen and oxygen atoms in total. The van der Waals surface area contributed by atoms with Crippen molar-refractivity contribution >= 4 is 27.7 Å². The van der Waals surface area contributed by atoms with Gasteiger partial charge in [-0.15, -0.1) is 11.8 Å². The lowest BCUT2D eigenvalue weighted by Gasteiger charge is -2.22. The highest BCUT2D eigenvalue weighted by atomic mass is 79.9. The molecule has 0 amide bonds. The summed E-state index contributed by atoms with van der Waals surface area (Å²) in [6.45, 7) is 6.62. The first-order chi connectivity index (χ1) is 7.27. The van der Waals surface area contributed by atoms with E-state index in [0.29, 0.717) is 0 Å². The van der Waals surface area contributed by atoms with Crippen LogP contribution >= 0.6 is 27.7 Å². The van der Waals surface area contributed by atoms with Crippen molar-refractivity contribution in [2.24, 2.45) is 0 Å². The van der Waals surface area contributed by atoms with Gasteiger partial charge in [-0.25, -0.2) is 0 Å². The van der Waals surface area contributed by atoms with Crippen LogP contribution in [0.5, 0.6) is 0 Å². The third-order valence-corrected chi connectivity index (χ3v) is 5.17. The first-order valence-electron chi connectivity index (χ1n) is 5.66. The molecule has 1 rings (SSSR count). The molecular formula is C12H20BrNS. The van der Waals surface area contributed by atoms with Gasteiger partial charge in [0.2, 0.25) is 0 Å². The maximum Gasteiger partial charge on any atom is 0.0173 e. The minimum atomic E-state index is 0.788. The predicted octanol–water partition coefficient (Wildman–Crippen LogP) is 4.06. The van der Waals surface area contributed by atoms with Gasteiger partial charge in [0, 0.05) is 14.6 Å². The minimum absolute atomic E-state index is 0.788. The SMILES string of the molecule is C/C=C\C(SC1CCNCC1)=C(\Br)CC. The van der Waals surface area contributed by atoms with Crippen LogP contribution in [-0.2, 0) is 0 Å². The first-order valence-corrected chi connectivity index (χ1v) is 7.34. The Morgan fingerprint density at radius 3 is 2.67 bits per heavy atom. The zero-order chi connectivity index (χ0) is 11.1. The summed E-state index contributed by atoms with van der Waals surface area (Å²) >= 11 is 5.69. The molecule has 1 aliphatic heterocycles. The van der Waals surface area contributed by atoms with E-state index in [-0.39, 0.29) is 0 Å². The molecule has 3 heteroatoms. The Morgan fingerprint density at radius 2 is 2.13 bits per heavy atom. The molecule has 0 atom stereocenters. The van der Waals surface area contributed by atoms with Crippen molar-refractivity contribution in [3.05, 3.63) is 21.5 Å². The average Bonchev–Trinajstić information content (AvgIpc) is 2.29. The highest BCUT2D eigenvalue weighted by molar-refractivity contribution is 9.11. The van der Waals surface area contributed by atoms with E-state index in [9.17, 15) is 0 Å². The lowest BCUT2D eigenvalue weighted by atomic mass is 10.2. The molecule has 0 bridgehead atoms. The molecule has 0 unspecified atom stereocenters. The molecule has 1 fully saturated rings. The molecule has 0 aromatic carbocycles. The van der Waals surface area contributed by atoms with Gasteiger partial charge in [0.1, 0.15) is 0 Å². The van der Waals surface area contributed by atoms with E-state index in [1.807, 2.05) is 11.8 Å². The maximum absolute atomic E-state index is 3.66. The molecule has 0 radical (unpaired) electrons. The molecule has 1 saturated heterocycles. The largest absolute Gasteiger partial charge is 0.317 e. The van der Waals surface area contributed by atoms with E-state index in [2.05, 4.69) is 47.2 Å². The number of hydrogen-bond donors (Lipinski definition) is 1. The van der Waals surface area contributed by atoms with Crippen molar-refractivity contribution in [2.45, 2.75) is 38.4 Å². The second-order valence-electron chi connectivity index (χ2n) is 3.69. The lowest BCUT2D eigenvalue weighted by molar-refractivity contribution is 0.532. The van der Waals surface area contributed by atoms with Crippen molar-refractivity contribution in [1.29, 1.82) is 0 Å². The highest BCUT2D eigenvalue weighted by Crippen LogP contribution is 2.33. The lowest BCUT2D eigenvalue weighted by Crippen LogP contribution is -2.29. The molecule has 15 heavy (non-hydrogen) atoms. The van der Waals surface area contributed by atoms with Crippen molar-refractivity contribution in [2.75, 3.05) is 13.1 Å². The van der Waals surface area contributed by atoms with E-state index >= 15 is 0 Å². The fourth-order valence-electron chi connectivity index (χ4n) is 1.61. The van der Waals surface area contributed by atoms with Gasteiger partial charge in [0.15, 0.2) is 0 Å². The van der Waals surface area contributed by atoms with Crippen LogP contribution in [0.15, 0.2) is 21.5 Å². The van der Waals surface area contributed by atoms with Gasteiger partial charge in [0.25, 0.3) is 0 Å². The number of nitrogens with one attached hydrogen (secondary N) is 1. The summed E-state index contributed by atoms with van der Waals surface area (Å²) in [6, 6.07) is 0. The first kappa shape index (κ1) is 13.3. The van der Waals surface area contributed by atoms with Crippen molar-refractivity contribution in [3.8, 4) is 0 Å². The summed E-state index contributed by atoms with van der Waals surface area (Å²) in [4.78, 5) is 1.41. The molecule has 0 aromatic rings. The Hall–Kier alpha value is 0.270. The second kappa shape index (κ2) is 7.53. The number of allylic oxidation sites excluding steroid dienone is 3. The molecule has 0 saturated carbocycles. The normalized spacial score (nSPS) is 20.7. The minimum Gasteiger partial charge on any atom is -0.317 e. The standard InChI is InChI=1S/C12H20BrNS/c1-3-5-12(11(13)4-2)15-10-6-8-14-9-7-10/h3,5,10,14H,4,6-9H2,1-2H3/b5-3-,12-11-. The van der Waals surface area contributed by atoms with E-state index in [0.717, 1.165) is 11.7 Å². The maximum atomic E-state index is 3.66. The smallest absolute Gasteiger partial charge is 0.0173 e. The topological polar surface area (TPSA) is 12.0 Å². The summed E-state index contributed by atoms with van der Waals surface area (Å²) < 4.78 is 1.34. The summed E-state index contributed by atoms with van der Waals surface area (Å²) in [5.41, 5.74) is 0. The van der Waals surface area contributed by atoms with Gasteiger partial charge in [0.05, 0.1) is 0 Å². The Bertz CT molecular complexity index is 242. The summed E-state index contributed by atoms with van der Waals surface area (Å²) in [5.74, 6) is 0. The fourth-order valence-corrected chi connectivity index (χ4v) is 3.34. The van der Waals surface area contributed by atoms with Crippen LogP contribution in [0, 0.1) is 0 Å². The number of thioether (sulfide) groups is 1. The van der Waals surface area contributed by atoms with Crippen molar-refractivity contribution < 1.29 is 0 Å². The van der Waals surface area contributed by atoms with Crippen molar-refractivity contribution in [3.63, 3.8) is 0 Å². The molecule has 1 heterocycles. The monoisotopic (exact) mass is 289 g/mol. The van der Waals surface area contributed by atoms with Crippen LogP contribution in [0.4, 0.5) is 0 Å². The number of hydrogen-bond acceptors (Lipinski definition) is 2.